The fourth-order valence-electron chi connectivity index (χ4n) is 11.8. The zero-order valence-corrected chi connectivity index (χ0v) is 64.5. The largest absolute Gasteiger partial charge is 0.472 e. The number of hydrogen-bond donors (Lipinski definition) is 3. The standard InChI is InChI=1S/C77H150O17P2/c1-7-9-11-13-15-17-19-21-22-23-24-30-37-43-49-55-61-76(81)93-72(66-88-75(80)60-54-48-42-36-31-25-27-33-39-45-51-57-69(3)4)67-91-95(83,84)89-63-71(78)64-90-96(85,86)92-68-73(65-87-74(79)59-53-47-41-35-29-20-18-16-14-12-10-8-2)94-77(82)62-56-50-44-38-32-26-28-34-40-46-52-58-70(5)6/h69-73,78H,7-68H2,1-6H3,(H,83,84)(H,85,86)/t71-,72-,73-/m1/s1. The number of unbranched alkanes of at least 4 members (excludes halogenated alkanes) is 46. The minimum atomic E-state index is -4.96. The summed E-state index contributed by atoms with van der Waals surface area (Å²) >= 11 is 0. The fourth-order valence-corrected chi connectivity index (χ4v) is 13.4. The minimum Gasteiger partial charge on any atom is -0.462 e. The molecule has 0 aromatic heterocycles. The van der Waals surface area contributed by atoms with Gasteiger partial charge in [-0.15, -0.1) is 0 Å². The molecule has 0 aromatic rings. The molecule has 0 aliphatic carbocycles. The summed E-state index contributed by atoms with van der Waals surface area (Å²) in [5.41, 5.74) is 0. The molecule has 0 radical (unpaired) electrons. The van der Waals surface area contributed by atoms with Gasteiger partial charge in [0.05, 0.1) is 26.4 Å². The Balaban J connectivity index is 5.27. The van der Waals surface area contributed by atoms with Crippen LogP contribution in [-0.4, -0.2) is 96.7 Å². The van der Waals surface area contributed by atoms with Gasteiger partial charge in [0, 0.05) is 25.7 Å². The smallest absolute Gasteiger partial charge is 0.462 e. The van der Waals surface area contributed by atoms with Gasteiger partial charge in [0.2, 0.25) is 0 Å². The number of rotatable bonds is 76. The molecule has 96 heavy (non-hydrogen) atoms. The molecule has 17 nitrogen and oxygen atoms in total. The van der Waals surface area contributed by atoms with E-state index in [1.54, 1.807) is 0 Å². The van der Waals surface area contributed by atoms with Crippen molar-refractivity contribution in [1.82, 2.24) is 0 Å². The predicted octanol–water partition coefficient (Wildman–Crippen LogP) is 22.7. The molecule has 0 fully saturated rings. The molecule has 0 spiro atoms. The second kappa shape index (κ2) is 68.8. The number of carbonyl (C=O) groups excluding carboxylic acids is 4. The van der Waals surface area contributed by atoms with Crippen molar-refractivity contribution in [2.45, 2.75) is 419 Å². The van der Waals surface area contributed by atoms with Gasteiger partial charge >= 0.3 is 39.5 Å². The highest BCUT2D eigenvalue weighted by atomic mass is 31.2. The number of aliphatic hydroxyl groups excluding tert-OH is 1. The highest BCUT2D eigenvalue weighted by molar-refractivity contribution is 7.47. The molecule has 5 atom stereocenters. The first kappa shape index (κ1) is 94.1. The van der Waals surface area contributed by atoms with Gasteiger partial charge in [-0.25, -0.2) is 9.13 Å². The highest BCUT2D eigenvalue weighted by Crippen LogP contribution is 2.45. The van der Waals surface area contributed by atoms with Crippen molar-refractivity contribution in [2.24, 2.45) is 11.8 Å². The third-order valence-electron chi connectivity index (χ3n) is 18.0. The van der Waals surface area contributed by atoms with Crippen LogP contribution in [0, 0.1) is 11.8 Å². The lowest BCUT2D eigenvalue weighted by Crippen LogP contribution is -2.30. The molecule has 0 saturated heterocycles. The highest BCUT2D eigenvalue weighted by Gasteiger charge is 2.30. The van der Waals surface area contributed by atoms with Crippen molar-refractivity contribution in [1.29, 1.82) is 0 Å². The van der Waals surface area contributed by atoms with Crippen molar-refractivity contribution >= 4 is 39.5 Å². The van der Waals surface area contributed by atoms with Crippen molar-refractivity contribution in [3.8, 4) is 0 Å². The van der Waals surface area contributed by atoms with Crippen LogP contribution in [0.4, 0.5) is 0 Å². The van der Waals surface area contributed by atoms with E-state index in [1.807, 2.05) is 0 Å². The first-order chi connectivity index (χ1) is 46.4. The Bertz CT molecular complexity index is 1860. The Labute approximate surface area is 588 Å². The lowest BCUT2D eigenvalue weighted by Gasteiger charge is -2.21. The average Bonchev–Trinajstić information content (AvgIpc) is 2.29. The molecule has 3 N–H and O–H groups in total. The van der Waals surface area contributed by atoms with Gasteiger partial charge < -0.3 is 33.8 Å². The molecule has 2 unspecified atom stereocenters. The number of phosphoric ester groups is 2. The number of phosphoric acid groups is 2. The molecule has 0 rings (SSSR count). The molecule has 0 bridgehead atoms. The molecule has 0 saturated carbocycles. The van der Waals surface area contributed by atoms with Gasteiger partial charge in [0.15, 0.2) is 12.2 Å². The normalized spacial score (nSPS) is 14.0. The summed E-state index contributed by atoms with van der Waals surface area (Å²) in [7, 11) is -9.91. The SMILES string of the molecule is CCCCCCCCCCCCCCCCCCC(=O)O[C@H](COC(=O)CCCCCCCCCCCCCC(C)C)COP(=O)(O)OC[C@@H](O)COP(=O)(O)OC[C@@H](COC(=O)CCCCCCCCCCCCCC)OC(=O)CCCCCCCCCCCCCC(C)C. The monoisotopic (exact) mass is 1410 g/mol. The van der Waals surface area contributed by atoms with Gasteiger partial charge in [-0.05, 0) is 37.5 Å². The van der Waals surface area contributed by atoms with Crippen LogP contribution in [-0.2, 0) is 65.4 Å². The molecule has 0 aliphatic rings. The maximum absolute atomic E-state index is 13.1. The van der Waals surface area contributed by atoms with Gasteiger partial charge in [-0.3, -0.25) is 37.3 Å². The van der Waals surface area contributed by atoms with Crippen LogP contribution in [0.5, 0.6) is 0 Å². The Morgan fingerprint density at radius 1 is 0.281 bits per heavy atom. The lowest BCUT2D eigenvalue weighted by molar-refractivity contribution is -0.161. The summed E-state index contributed by atoms with van der Waals surface area (Å²) in [6.45, 7) is 9.62. The molecule has 570 valence electrons. The first-order valence-corrected chi connectivity index (χ1v) is 43.0. The van der Waals surface area contributed by atoms with Crippen molar-refractivity contribution in [2.75, 3.05) is 39.6 Å². The van der Waals surface area contributed by atoms with E-state index in [9.17, 15) is 43.2 Å². The summed E-state index contributed by atoms with van der Waals surface area (Å²) < 4.78 is 68.6. The zero-order chi connectivity index (χ0) is 70.7. The second-order valence-electron chi connectivity index (χ2n) is 28.7. The van der Waals surface area contributed by atoms with E-state index in [4.69, 9.17) is 37.0 Å². The fraction of sp³-hybridized carbons (Fsp3) is 0.948. The van der Waals surface area contributed by atoms with Crippen LogP contribution in [0.15, 0.2) is 0 Å². The van der Waals surface area contributed by atoms with Gasteiger partial charge in [-0.1, -0.05) is 350 Å². The number of hydrogen-bond acceptors (Lipinski definition) is 15. The molecule has 19 heteroatoms. The summed E-state index contributed by atoms with van der Waals surface area (Å²) in [4.78, 5) is 72.9. The minimum absolute atomic E-state index is 0.107. The van der Waals surface area contributed by atoms with E-state index in [0.29, 0.717) is 25.7 Å². The number of aliphatic hydroxyl groups is 1. The van der Waals surface area contributed by atoms with Crippen LogP contribution < -0.4 is 0 Å². The molecular weight excluding hydrogens is 1260 g/mol. The number of ether oxygens (including phenoxy) is 4. The Morgan fingerprint density at radius 3 is 0.708 bits per heavy atom. The molecule has 0 heterocycles. The van der Waals surface area contributed by atoms with Crippen LogP contribution in [0.3, 0.4) is 0 Å². The van der Waals surface area contributed by atoms with E-state index in [2.05, 4.69) is 41.5 Å². The maximum Gasteiger partial charge on any atom is 0.472 e. The van der Waals surface area contributed by atoms with Crippen LogP contribution in [0.25, 0.3) is 0 Å². The topological polar surface area (TPSA) is 237 Å². The first-order valence-electron chi connectivity index (χ1n) is 40.0. The molecule has 0 aromatic carbocycles. The number of carbonyl (C=O) groups is 4. The van der Waals surface area contributed by atoms with Gasteiger partial charge in [0.25, 0.3) is 0 Å². The average molecular weight is 1410 g/mol. The van der Waals surface area contributed by atoms with Crippen molar-refractivity contribution in [3.63, 3.8) is 0 Å². The predicted molar refractivity (Wildman–Crippen MR) is 391 cm³/mol. The third-order valence-corrected chi connectivity index (χ3v) is 19.9. The van der Waals surface area contributed by atoms with E-state index >= 15 is 0 Å². The van der Waals surface area contributed by atoms with Crippen LogP contribution in [0.1, 0.15) is 401 Å². The van der Waals surface area contributed by atoms with Crippen LogP contribution in [0.2, 0.25) is 0 Å². The molecular formula is C77H150O17P2. The second-order valence-corrected chi connectivity index (χ2v) is 31.6. The van der Waals surface area contributed by atoms with E-state index in [0.717, 1.165) is 102 Å². The van der Waals surface area contributed by atoms with Crippen molar-refractivity contribution < 1.29 is 80.2 Å². The third kappa shape index (κ3) is 70.5. The molecule has 0 aliphatic heterocycles. The van der Waals surface area contributed by atoms with E-state index < -0.39 is 97.5 Å². The summed E-state index contributed by atoms with van der Waals surface area (Å²) in [6, 6.07) is 0. The van der Waals surface area contributed by atoms with Gasteiger partial charge in [0.1, 0.15) is 19.3 Å². The van der Waals surface area contributed by atoms with E-state index in [1.165, 1.54) is 218 Å². The molecule has 0 amide bonds. The lowest BCUT2D eigenvalue weighted by atomic mass is 10.0. The Hall–Kier alpha value is -1.94. The van der Waals surface area contributed by atoms with E-state index in [-0.39, 0.29) is 25.7 Å². The summed E-state index contributed by atoms with van der Waals surface area (Å²) in [5.74, 6) is -0.575. The maximum atomic E-state index is 13.1. The Kier molecular flexibility index (Phi) is 67.4. The quantitative estimate of drug-likeness (QED) is 0.0222. The summed E-state index contributed by atoms with van der Waals surface area (Å²) in [6.07, 6.45) is 56.7. The van der Waals surface area contributed by atoms with Crippen LogP contribution >= 0.6 is 15.6 Å². The zero-order valence-electron chi connectivity index (χ0n) is 62.7. The number of esters is 4. The summed E-state index contributed by atoms with van der Waals surface area (Å²) in [5, 5.41) is 10.6. The Morgan fingerprint density at radius 2 is 0.479 bits per heavy atom. The van der Waals surface area contributed by atoms with Gasteiger partial charge in [-0.2, -0.15) is 0 Å². The van der Waals surface area contributed by atoms with Crippen molar-refractivity contribution in [3.05, 3.63) is 0 Å².